The number of aryl methyl sites for hydroxylation is 2. The van der Waals surface area contributed by atoms with Crippen LogP contribution in [0.1, 0.15) is 11.3 Å². The maximum atomic E-state index is 9.25. The van der Waals surface area contributed by atoms with Crippen molar-refractivity contribution in [1.82, 2.24) is 4.98 Å². The Morgan fingerprint density at radius 1 is 0.789 bits per heavy atom. The van der Waals surface area contributed by atoms with Crippen molar-refractivity contribution in [1.29, 1.82) is 0 Å². The van der Waals surface area contributed by atoms with Crippen molar-refractivity contribution >= 4 is 10.9 Å². The molecular formula is C17H15NO. The highest BCUT2D eigenvalue weighted by Gasteiger charge is 1.99. The van der Waals surface area contributed by atoms with E-state index in [9.17, 15) is 5.11 Å². The number of benzene rings is 2. The third-order valence-corrected chi connectivity index (χ3v) is 3.26. The summed E-state index contributed by atoms with van der Waals surface area (Å²) in [5, 5.41) is 10.4. The standard InChI is InChI=1S/C17H15NO/c19-16-11-6-13(7-12-16)5-9-15-10-8-14-3-1-2-4-17(14)18-15/h1-4,6-8,10-12,19H,5,9H2. The zero-order valence-corrected chi connectivity index (χ0v) is 10.6. The first-order valence-electron chi connectivity index (χ1n) is 6.44. The molecule has 1 aromatic heterocycles. The normalized spacial score (nSPS) is 10.7. The summed E-state index contributed by atoms with van der Waals surface area (Å²) in [6, 6.07) is 19.7. The van der Waals surface area contributed by atoms with Crippen molar-refractivity contribution in [2.45, 2.75) is 12.8 Å². The Morgan fingerprint density at radius 3 is 2.42 bits per heavy atom. The Balaban J connectivity index is 1.76. The van der Waals surface area contributed by atoms with Gasteiger partial charge in [0.05, 0.1) is 5.52 Å². The van der Waals surface area contributed by atoms with Crippen LogP contribution in [0, 0.1) is 0 Å². The number of phenolic OH excluding ortho intramolecular Hbond substituents is 1. The number of fused-ring (bicyclic) bond motifs is 1. The monoisotopic (exact) mass is 249 g/mol. The van der Waals surface area contributed by atoms with E-state index in [1.165, 1.54) is 10.9 Å². The molecule has 2 nitrogen and oxygen atoms in total. The highest BCUT2D eigenvalue weighted by atomic mass is 16.3. The van der Waals surface area contributed by atoms with E-state index < -0.39 is 0 Å². The van der Waals surface area contributed by atoms with E-state index in [1.54, 1.807) is 12.1 Å². The number of pyridine rings is 1. The molecule has 0 aliphatic carbocycles. The molecule has 2 aromatic carbocycles. The second-order valence-electron chi connectivity index (χ2n) is 4.66. The maximum Gasteiger partial charge on any atom is 0.115 e. The lowest BCUT2D eigenvalue weighted by Crippen LogP contribution is -1.94. The lowest BCUT2D eigenvalue weighted by atomic mass is 10.1. The van der Waals surface area contributed by atoms with E-state index in [2.05, 4.69) is 23.2 Å². The highest BCUT2D eigenvalue weighted by molar-refractivity contribution is 5.78. The number of aromatic nitrogens is 1. The first-order valence-corrected chi connectivity index (χ1v) is 6.44. The average Bonchev–Trinajstić information content (AvgIpc) is 2.46. The first kappa shape index (κ1) is 11.7. The summed E-state index contributed by atoms with van der Waals surface area (Å²) >= 11 is 0. The number of nitrogens with zero attached hydrogens (tertiary/aromatic N) is 1. The molecule has 0 saturated heterocycles. The molecule has 0 amide bonds. The van der Waals surface area contributed by atoms with E-state index in [1.807, 2.05) is 30.3 Å². The van der Waals surface area contributed by atoms with Gasteiger partial charge in [-0.05, 0) is 42.7 Å². The smallest absolute Gasteiger partial charge is 0.115 e. The van der Waals surface area contributed by atoms with Gasteiger partial charge in [0.25, 0.3) is 0 Å². The van der Waals surface area contributed by atoms with Gasteiger partial charge in [0.1, 0.15) is 5.75 Å². The number of hydrogen-bond acceptors (Lipinski definition) is 2. The lowest BCUT2D eigenvalue weighted by Gasteiger charge is -2.04. The van der Waals surface area contributed by atoms with Gasteiger partial charge in [-0.25, -0.2) is 0 Å². The summed E-state index contributed by atoms with van der Waals surface area (Å²) in [4.78, 5) is 4.66. The molecule has 0 aliphatic heterocycles. The molecule has 0 bridgehead atoms. The van der Waals surface area contributed by atoms with Gasteiger partial charge in [0.2, 0.25) is 0 Å². The van der Waals surface area contributed by atoms with Crippen molar-refractivity contribution in [3.63, 3.8) is 0 Å². The molecule has 0 atom stereocenters. The number of hydrogen-bond donors (Lipinski definition) is 1. The van der Waals surface area contributed by atoms with E-state index in [-0.39, 0.29) is 0 Å². The second kappa shape index (κ2) is 5.11. The molecule has 94 valence electrons. The summed E-state index contributed by atoms with van der Waals surface area (Å²) < 4.78 is 0. The summed E-state index contributed by atoms with van der Waals surface area (Å²) in [7, 11) is 0. The summed E-state index contributed by atoms with van der Waals surface area (Å²) in [5.74, 6) is 0.313. The predicted molar refractivity (Wildman–Crippen MR) is 77.3 cm³/mol. The molecule has 3 aromatic rings. The van der Waals surface area contributed by atoms with Gasteiger partial charge in [-0.1, -0.05) is 36.4 Å². The fraction of sp³-hybridized carbons (Fsp3) is 0.118. The van der Waals surface area contributed by atoms with Gasteiger partial charge >= 0.3 is 0 Å². The number of para-hydroxylation sites is 1. The Bertz CT molecular complexity index is 689. The van der Waals surface area contributed by atoms with Crippen LogP contribution in [0.5, 0.6) is 5.75 Å². The van der Waals surface area contributed by atoms with Gasteiger partial charge in [-0.15, -0.1) is 0 Å². The van der Waals surface area contributed by atoms with Crippen molar-refractivity contribution in [2.75, 3.05) is 0 Å². The first-order chi connectivity index (χ1) is 9.31. The number of rotatable bonds is 3. The van der Waals surface area contributed by atoms with Gasteiger partial charge in [-0.2, -0.15) is 0 Å². The molecular weight excluding hydrogens is 234 g/mol. The molecule has 0 fully saturated rings. The van der Waals surface area contributed by atoms with Crippen LogP contribution in [0.4, 0.5) is 0 Å². The average molecular weight is 249 g/mol. The third-order valence-electron chi connectivity index (χ3n) is 3.26. The summed E-state index contributed by atoms with van der Waals surface area (Å²) in [6.07, 6.45) is 1.85. The largest absolute Gasteiger partial charge is 0.508 e. The highest BCUT2D eigenvalue weighted by Crippen LogP contribution is 2.14. The van der Waals surface area contributed by atoms with Crippen LogP contribution in [0.25, 0.3) is 10.9 Å². The fourth-order valence-corrected chi connectivity index (χ4v) is 2.18. The third kappa shape index (κ3) is 2.74. The SMILES string of the molecule is Oc1ccc(CCc2ccc3ccccc3n2)cc1. The molecule has 0 unspecified atom stereocenters. The Morgan fingerprint density at radius 2 is 1.58 bits per heavy atom. The molecule has 0 radical (unpaired) electrons. The quantitative estimate of drug-likeness (QED) is 0.767. The minimum atomic E-state index is 0.313. The summed E-state index contributed by atoms with van der Waals surface area (Å²) in [6.45, 7) is 0. The summed E-state index contributed by atoms with van der Waals surface area (Å²) in [5.41, 5.74) is 3.37. The fourth-order valence-electron chi connectivity index (χ4n) is 2.18. The minimum absolute atomic E-state index is 0.313. The predicted octanol–water partition coefficient (Wildman–Crippen LogP) is 3.73. The number of phenols is 1. The minimum Gasteiger partial charge on any atom is -0.508 e. The molecule has 1 heterocycles. The van der Waals surface area contributed by atoms with E-state index in [0.717, 1.165) is 24.1 Å². The van der Waals surface area contributed by atoms with Crippen LogP contribution in [0.3, 0.4) is 0 Å². The Kier molecular flexibility index (Phi) is 3.15. The van der Waals surface area contributed by atoms with Gasteiger partial charge < -0.3 is 5.11 Å². The van der Waals surface area contributed by atoms with Crippen molar-refractivity contribution in [3.05, 3.63) is 71.9 Å². The van der Waals surface area contributed by atoms with Crippen LogP contribution in [-0.4, -0.2) is 10.1 Å². The van der Waals surface area contributed by atoms with E-state index in [4.69, 9.17) is 0 Å². The molecule has 0 aliphatic rings. The maximum absolute atomic E-state index is 9.25. The van der Waals surface area contributed by atoms with Crippen LogP contribution >= 0.6 is 0 Å². The molecule has 19 heavy (non-hydrogen) atoms. The van der Waals surface area contributed by atoms with Crippen LogP contribution < -0.4 is 0 Å². The van der Waals surface area contributed by atoms with Gasteiger partial charge in [-0.3, -0.25) is 4.98 Å². The van der Waals surface area contributed by atoms with Gasteiger partial charge in [0, 0.05) is 11.1 Å². The zero-order chi connectivity index (χ0) is 13.1. The van der Waals surface area contributed by atoms with E-state index in [0.29, 0.717) is 5.75 Å². The topological polar surface area (TPSA) is 33.1 Å². The number of aromatic hydroxyl groups is 1. The van der Waals surface area contributed by atoms with Crippen molar-refractivity contribution in [2.24, 2.45) is 0 Å². The van der Waals surface area contributed by atoms with Crippen molar-refractivity contribution in [3.8, 4) is 5.75 Å². The lowest BCUT2D eigenvalue weighted by molar-refractivity contribution is 0.475. The Hall–Kier alpha value is -2.35. The molecule has 2 heteroatoms. The molecule has 0 spiro atoms. The molecule has 1 N–H and O–H groups in total. The zero-order valence-electron chi connectivity index (χ0n) is 10.6. The van der Waals surface area contributed by atoms with Gasteiger partial charge in [0.15, 0.2) is 0 Å². The van der Waals surface area contributed by atoms with Crippen LogP contribution in [0.2, 0.25) is 0 Å². The van der Waals surface area contributed by atoms with E-state index >= 15 is 0 Å². The van der Waals surface area contributed by atoms with Crippen LogP contribution in [-0.2, 0) is 12.8 Å². The van der Waals surface area contributed by atoms with Crippen molar-refractivity contribution < 1.29 is 5.11 Å². The second-order valence-corrected chi connectivity index (χ2v) is 4.66. The molecule has 0 saturated carbocycles. The molecule has 3 rings (SSSR count). The van der Waals surface area contributed by atoms with Crippen LogP contribution in [0.15, 0.2) is 60.7 Å². The Labute approximate surface area is 112 Å².